The number of nitrogens with one attached hydrogen (secondary N) is 2. The monoisotopic (exact) mass is 212 g/mol. The molecule has 0 saturated carbocycles. The average Bonchev–Trinajstić information content (AvgIpc) is 2.64. The van der Waals surface area contributed by atoms with Crippen molar-refractivity contribution < 1.29 is 0 Å². The molecule has 0 aromatic carbocycles. The van der Waals surface area contributed by atoms with Crippen LogP contribution in [0.1, 0.15) is 12.0 Å². The van der Waals surface area contributed by atoms with Gasteiger partial charge in [-0.3, -0.25) is 0 Å². The third-order valence-electron chi connectivity index (χ3n) is 2.30. The summed E-state index contributed by atoms with van der Waals surface area (Å²) in [6.07, 6.45) is 2.84. The Balaban J connectivity index is 2.05. The summed E-state index contributed by atoms with van der Waals surface area (Å²) in [7, 11) is 0. The Kier molecular flexibility index (Phi) is 2.84. The maximum Gasteiger partial charge on any atom is 0.224 e. The van der Waals surface area contributed by atoms with Crippen LogP contribution in [0.2, 0.25) is 5.15 Å². The van der Waals surface area contributed by atoms with Crippen molar-refractivity contribution in [1.82, 2.24) is 15.3 Å². The van der Waals surface area contributed by atoms with Gasteiger partial charge in [0.1, 0.15) is 5.15 Å². The normalized spacial score (nSPS) is 21.1. The van der Waals surface area contributed by atoms with Crippen molar-refractivity contribution in [3.05, 3.63) is 16.9 Å². The molecule has 2 rings (SSSR count). The molecule has 5 heteroatoms. The lowest BCUT2D eigenvalue weighted by atomic mass is 10.3. The first-order valence-corrected chi connectivity index (χ1v) is 5.10. The van der Waals surface area contributed by atoms with Gasteiger partial charge in [-0.15, -0.1) is 0 Å². The van der Waals surface area contributed by atoms with Crippen LogP contribution in [-0.2, 0) is 0 Å². The number of nitrogens with zero attached hydrogens (tertiary/aromatic N) is 2. The average molecular weight is 213 g/mol. The zero-order chi connectivity index (χ0) is 9.97. The highest BCUT2D eigenvalue weighted by Gasteiger charge is 2.15. The minimum atomic E-state index is 0.425. The smallest absolute Gasteiger partial charge is 0.224 e. The second-order valence-electron chi connectivity index (χ2n) is 3.50. The van der Waals surface area contributed by atoms with Crippen LogP contribution in [0.15, 0.2) is 6.20 Å². The van der Waals surface area contributed by atoms with Gasteiger partial charge in [-0.1, -0.05) is 11.6 Å². The molecule has 1 aromatic rings. The van der Waals surface area contributed by atoms with Gasteiger partial charge in [0.15, 0.2) is 0 Å². The number of anilines is 1. The maximum atomic E-state index is 5.89. The number of rotatable bonds is 2. The van der Waals surface area contributed by atoms with Crippen molar-refractivity contribution in [2.24, 2.45) is 0 Å². The first-order valence-electron chi connectivity index (χ1n) is 4.72. The van der Waals surface area contributed by atoms with Gasteiger partial charge in [-0.25, -0.2) is 9.97 Å². The van der Waals surface area contributed by atoms with E-state index in [4.69, 9.17) is 11.6 Å². The van der Waals surface area contributed by atoms with Crippen molar-refractivity contribution in [2.45, 2.75) is 19.4 Å². The molecule has 14 heavy (non-hydrogen) atoms. The molecule has 1 saturated heterocycles. The predicted octanol–water partition coefficient (Wildman–Crippen LogP) is 1.21. The lowest BCUT2D eigenvalue weighted by molar-refractivity contribution is 0.780. The summed E-state index contributed by atoms with van der Waals surface area (Å²) in [5.74, 6) is 0.620. The largest absolute Gasteiger partial charge is 0.350 e. The fraction of sp³-hybridized carbons (Fsp3) is 0.556. The van der Waals surface area contributed by atoms with E-state index in [1.54, 1.807) is 6.20 Å². The summed E-state index contributed by atoms with van der Waals surface area (Å²) >= 11 is 5.89. The molecule has 1 aromatic heterocycles. The molecule has 1 fully saturated rings. The van der Waals surface area contributed by atoms with E-state index in [1.165, 1.54) is 0 Å². The number of halogens is 1. The molecule has 0 amide bonds. The molecule has 0 aliphatic carbocycles. The van der Waals surface area contributed by atoms with Crippen LogP contribution in [0.4, 0.5) is 5.95 Å². The van der Waals surface area contributed by atoms with E-state index in [0.717, 1.165) is 25.1 Å². The Bertz CT molecular complexity index is 323. The van der Waals surface area contributed by atoms with Gasteiger partial charge < -0.3 is 10.6 Å². The summed E-state index contributed by atoms with van der Waals surface area (Å²) < 4.78 is 0. The first kappa shape index (κ1) is 9.68. The van der Waals surface area contributed by atoms with E-state index in [1.807, 2.05) is 6.92 Å². The van der Waals surface area contributed by atoms with Gasteiger partial charge in [0.05, 0.1) is 0 Å². The molecular weight excluding hydrogens is 200 g/mol. The zero-order valence-electron chi connectivity index (χ0n) is 8.05. The molecule has 1 aliphatic rings. The van der Waals surface area contributed by atoms with Gasteiger partial charge in [0, 0.05) is 24.3 Å². The standard InChI is InChI=1S/C9H13ClN4/c1-6-4-12-9(14-8(6)10)13-7-2-3-11-5-7/h4,7,11H,2-3,5H2,1H3,(H,12,13,14)/t7-/m1/s1. The van der Waals surface area contributed by atoms with Crippen LogP contribution >= 0.6 is 11.6 Å². The molecule has 2 N–H and O–H groups in total. The van der Waals surface area contributed by atoms with Gasteiger partial charge >= 0.3 is 0 Å². The SMILES string of the molecule is Cc1cnc(N[C@@H]2CCNC2)nc1Cl. The highest BCUT2D eigenvalue weighted by atomic mass is 35.5. The molecule has 0 spiro atoms. The second-order valence-corrected chi connectivity index (χ2v) is 3.86. The van der Waals surface area contributed by atoms with Gasteiger partial charge in [0.2, 0.25) is 5.95 Å². The van der Waals surface area contributed by atoms with E-state index in [9.17, 15) is 0 Å². The number of hydrogen-bond acceptors (Lipinski definition) is 4. The van der Waals surface area contributed by atoms with Crippen molar-refractivity contribution in [1.29, 1.82) is 0 Å². The van der Waals surface area contributed by atoms with Crippen LogP contribution < -0.4 is 10.6 Å². The summed E-state index contributed by atoms with van der Waals surface area (Å²) in [5, 5.41) is 7.03. The lowest BCUT2D eigenvalue weighted by Gasteiger charge is -2.11. The quantitative estimate of drug-likeness (QED) is 0.724. The Morgan fingerprint density at radius 1 is 1.64 bits per heavy atom. The van der Waals surface area contributed by atoms with Crippen LogP contribution in [0.3, 0.4) is 0 Å². The van der Waals surface area contributed by atoms with Crippen LogP contribution in [-0.4, -0.2) is 29.1 Å². The minimum Gasteiger partial charge on any atom is -0.350 e. The highest BCUT2D eigenvalue weighted by molar-refractivity contribution is 6.30. The molecule has 1 atom stereocenters. The van der Waals surface area contributed by atoms with E-state index < -0.39 is 0 Å². The Labute approximate surface area is 88.1 Å². The summed E-state index contributed by atoms with van der Waals surface area (Å²) in [6.45, 7) is 3.91. The van der Waals surface area contributed by atoms with Crippen molar-refractivity contribution in [3.8, 4) is 0 Å². The summed E-state index contributed by atoms with van der Waals surface area (Å²) in [6, 6.07) is 0.425. The number of aromatic nitrogens is 2. The van der Waals surface area contributed by atoms with Crippen molar-refractivity contribution >= 4 is 17.5 Å². The van der Waals surface area contributed by atoms with E-state index in [2.05, 4.69) is 20.6 Å². The fourth-order valence-corrected chi connectivity index (χ4v) is 1.58. The Hall–Kier alpha value is -0.870. The predicted molar refractivity (Wildman–Crippen MR) is 56.7 cm³/mol. The van der Waals surface area contributed by atoms with Crippen molar-refractivity contribution in [2.75, 3.05) is 18.4 Å². The maximum absolute atomic E-state index is 5.89. The molecule has 0 radical (unpaired) electrons. The van der Waals surface area contributed by atoms with E-state index >= 15 is 0 Å². The molecule has 76 valence electrons. The number of hydrogen-bond donors (Lipinski definition) is 2. The third-order valence-corrected chi connectivity index (χ3v) is 2.69. The molecule has 1 aliphatic heterocycles. The van der Waals surface area contributed by atoms with Gasteiger partial charge in [-0.05, 0) is 19.9 Å². The first-order chi connectivity index (χ1) is 6.75. The summed E-state index contributed by atoms with van der Waals surface area (Å²) in [4.78, 5) is 8.32. The minimum absolute atomic E-state index is 0.425. The Morgan fingerprint density at radius 2 is 2.50 bits per heavy atom. The summed E-state index contributed by atoms with van der Waals surface area (Å²) in [5.41, 5.74) is 0.904. The van der Waals surface area contributed by atoms with Crippen molar-refractivity contribution in [3.63, 3.8) is 0 Å². The third kappa shape index (κ3) is 2.13. The fourth-order valence-electron chi connectivity index (χ4n) is 1.45. The van der Waals surface area contributed by atoms with Crippen LogP contribution in [0, 0.1) is 6.92 Å². The lowest BCUT2D eigenvalue weighted by Crippen LogP contribution is -2.23. The van der Waals surface area contributed by atoms with Crippen LogP contribution in [0.5, 0.6) is 0 Å². The number of aryl methyl sites for hydroxylation is 1. The molecule has 4 nitrogen and oxygen atoms in total. The van der Waals surface area contributed by atoms with E-state index in [-0.39, 0.29) is 0 Å². The highest BCUT2D eigenvalue weighted by Crippen LogP contribution is 2.13. The van der Waals surface area contributed by atoms with Crippen LogP contribution in [0.25, 0.3) is 0 Å². The molecular formula is C9H13ClN4. The molecule has 0 unspecified atom stereocenters. The molecule has 2 heterocycles. The van der Waals surface area contributed by atoms with E-state index in [0.29, 0.717) is 17.1 Å². The Morgan fingerprint density at radius 3 is 3.14 bits per heavy atom. The zero-order valence-corrected chi connectivity index (χ0v) is 8.80. The topological polar surface area (TPSA) is 49.8 Å². The van der Waals surface area contributed by atoms with Gasteiger partial charge in [0.25, 0.3) is 0 Å². The van der Waals surface area contributed by atoms with Gasteiger partial charge in [-0.2, -0.15) is 0 Å². The second kappa shape index (κ2) is 4.11. The molecule has 0 bridgehead atoms.